The number of nitrogens with two attached hydrogens (primary N) is 1. The van der Waals surface area contributed by atoms with Crippen LogP contribution in [0.1, 0.15) is 22.3 Å². The van der Waals surface area contributed by atoms with Crippen LogP contribution in [0.5, 0.6) is 0 Å². The summed E-state index contributed by atoms with van der Waals surface area (Å²) in [6, 6.07) is 7.55. The summed E-state index contributed by atoms with van der Waals surface area (Å²) < 4.78 is 0. The lowest BCUT2D eigenvalue weighted by Crippen LogP contribution is -2.07. The van der Waals surface area contributed by atoms with E-state index in [-0.39, 0.29) is 18.2 Å². The van der Waals surface area contributed by atoms with Gasteiger partial charge < -0.3 is 5.73 Å². The van der Waals surface area contributed by atoms with Crippen molar-refractivity contribution in [2.24, 2.45) is 5.73 Å². The van der Waals surface area contributed by atoms with E-state index in [0.29, 0.717) is 13.0 Å². The second-order valence-corrected chi connectivity index (χ2v) is 2.83. The lowest BCUT2D eigenvalue weighted by atomic mass is 10.1. The number of hydrogen-bond acceptors (Lipinski definition) is 2. The summed E-state index contributed by atoms with van der Waals surface area (Å²) in [5.74, 6) is 0.123. The standard InChI is InChI=1S/C10H13NO.ClH/c1-8-2-4-9(5-3-8)10(12)6-7-11;/h2-5H,6-7,11H2,1H3;1H. The molecule has 0 radical (unpaired) electrons. The van der Waals surface area contributed by atoms with Crippen LogP contribution >= 0.6 is 12.4 Å². The molecule has 2 nitrogen and oxygen atoms in total. The van der Waals surface area contributed by atoms with Crippen molar-refractivity contribution in [1.82, 2.24) is 0 Å². The molecule has 1 rings (SSSR count). The number of ketones is 1. The van der Waals surface area contributed by atoms with Crippen molar-refractivity contribution in [2.45, 2.75) is 13.3 Å². The van der Waals surface area contributed by atoms with Gasteiger partial charge in [0.2, 0.25) is 0 Å². The minimum absolute atomic E-state index is 0. The molecule has 0 aliphatic heterocycles. The van der Waals surface area contributed by atoms with Crippen LogP contribution in [0, 0.1) is 6.92 Å². The summed E-state index contributed by atoms with van der Waals surface area (Å²) >= 11 is 0. The Kier molecular flexibility index (Phi) is 5.35. The first-order chi connectivity index (χ1) is 5.74. The topological polar surface area (TPSA) is 43.1 Å². The number of rotatable bonds is 3. The van der Waals surface area contributed by atoms with Crippen LogP contribution in [0.4, 0.5) is 0 Å². The number of aryl methyl sites for hydroxylation is 1. The van der Waals surface area contributed by atoms with Gasteiger partial charge in [0.25, 0.3) is 0 Å². The van der Waals surface area contributed by atoms with Gasteiger partial charge in [-0.2, -0.15) is 0 Å². The number of hydrogen-bond donors (Lipinski definition) is 1. The smallest absolute Gasteiger partial charge is 0.164 e. The fraction of sp³-hybridized carbons (Fsp3) is 0.300. The zero-order valence-corrected chi connectivity index (χ0v) is 8.43. The molecule has 0 amide bonds. The maximum Gasteiger partial charge on any atom is 0.164 e. The van der Waals surface area contributed by atoms with Gasteiger partial charge in [-0.1, -0.05) is 29.8 Å². The molecule has 0 saturated carbocycles. The van der Waals surface area contributed by atoms with Gasteiger partial charge in [0, 0.05) is 12.0 Å². The molecule has 0 atom stereocenters. The van der Waals surface area contributed by atoms with Crippen molar-refractivity contribution in [2.75, 3.05) is 6.54 Å². The average Bonchev–Trinajstić information content (AvgIpc) is 2.06. The first kappa shape index (κ1) is 12.1. The van der Waals surface area contributed by atoms with Gasteiger partial charge in [0.15, 0.2) is 5.78 Å². The van der Waals surface area contributed by atoms with Crippen LogP contribution < -0.4 is 5.73 Å². The Morgan fingerprint density at radius 3 is 2.31 bits per heavy atom. The van der Waals surface area contributed by atoms with Crippen molar-refractivity contribution >= 4 is 18.2 Å². The highest BCUT2D eigenvalue weighted by atomic mass is 35.5. The molecule has 0 aliphatic carbocycles. The Labute approximate surface area is 84.5 Å². The summed E-state index contributed by atoms with van der Waals surface area (Å²) in [6.07, 6.45) is 0.434. The number of carbonyl (C=O) groups is 1. The number of halogens is 1. The Hall–Kier alpha value is -0.860. The summed E-state index contributed by atoms with van der Waals surface area (Å²) in [6.45, 7) is 2.42. The van der Waals surface area contributed by atoms with Gasteiger partial charge in [-0.25, -0.2) is 0 Å². The van der Waals surface area contributed by atoms with Crippen LogP contribution in [0.2, 0.25) is 0 Å². The third kappa shape index (κ3) is 3.57. The molecule has 0 aromatic heterocycles. The van der Waals surface area contributed by atoms with Crippen molar-refractivity contribution in [3.8, 4) is 0 Å². The Bertz CT molecular complexity index is 269. The van der Waals surface area contributed by atoms with Crippen LogP contribution in [0.3, 0.4) is 0 Å². The molecule has 0 heterocycles. The van der Waals surface area contributed by atoms with E-state index >= 15 is 0 Å². The summed E-state index contributed by atoms with van der Waals surface area (Å²) in [7, 11) is 0. The second kappa shape index (κ2) is 5.73. The molecule has 0 fully saturated rings. The SMILES string of the molecule is Cc1ccc(C(=O)CCN)cc1.Cl. The molecule has 1 aromatic carbocycles. The quantitative estimate of drug-likeness (QED) is 0.757. The minimum Gasteiger partial charge on any atom is -0.330 e. The lowest BCUT2D eigenvalue weighted by molar-refractivity contribution is 0.0985. The largest absolute Gasteiger partial charge is 0.330 e. The first-order valence-electron chi connectivity index (χ1n) is 4.04. The number of Topliss-reactive ketones (excluding diaryl/α,β-unsaturated/α-hetero) is 1. The maximum absolute atomic E-state index is 11.3. The summed E-state index contributed by atoms with van der Waals surface area (Å²) in [4.78, 5) is 11.3. The molecular weight excluding hydrogens is 186 g/mol. The van der Waals surface area contributed by atoms with E-state index in [2.05, 4.69) is 0 Å². The van der Waals surface area contributed by atoms with Gasteiger partial charge in [0.05, 0.1) is 0 Å². The zero-order valence-electron chi connectivity index (χ0n) is 7.62. The van der Waals surface area contributed by atoms with Crippen LogP contribution in [-0.2, 0) is 0 Å². The zero-order chi connectivity index (χ0) is 8.97. The fourth-order valence-corrected chi connectivity index (χ4v) is 1.01. The highest BCUT2D eigenvalue weighted by Crippen LogP contribution is 2.05. The number of carbonyl (C=O) groups excluding carboxylic acids is 1. The van der Waals surface area contributed by atoms with E-state index in [1.165, 1.54) is 5.56 Å². The second-order valence-electron chi connectivity index (χ2n) is 2.83. The highest BCUT2D eigenvalue weighted by Gasteiger charge is 2.02. The van der Waals surface area contributed by atoms with E-state index in [1.807, 2.05) is 31.2 Å². The van der Waals surface area contributed by atoms with Gasteiger partial charge in [-0.15, -0.1) is 12.4 Å². The van der Waals surface area contributed by atoms with Crippen LogP contribution in [-0.4, -0.2) is 12.3 Å². The maximum atomic E-state index is 11.3. The molecule has 0 unspecified atom stereocenters. The molecule has 0 bridgehead atoms. The molecule has 72 valence electrons. The Balaban J connectivity index is 0.00000144. The van der Waals surface area contributed by atoms with E-state index in [4.69, 9.17) is 5.73 Å². The van der Waals surface area contributed by atoms with E-state index in [9.17, 15) is 4.79 Å². The van der Waals surface area contributed by atoms with Crippen molar-refractivity contribution in [3.05, 3.63) is 35.4 Å². The molecular formula is C10H14ClNO. The summed E-state index contributed by atoms with van der Waals surface area (Å²) in [5.41, 5.74) is 7.20. The van der Waals surface area contributed by atoms with Crippen molar-refractivity contribution in [1.29, 1.82) is 0 Å². The van der Waals surface area contributed by atoms with E-state index in [1.54, 1.807) is 0 Å². The fourth-order valence-electron chi connectivity index (χ4n) is 1.01. The predicted octanol–water partition coefficient (Wildman–Crippen LogP) is 1.95. The van der Waals surface area contributed by atoms with Crippen molar-refractivity contribution < 1.29 is 4.79 Å². The molecule has 0 aliphatic rings. The molecule has 1 aromatic rings. The van der Waals surface area contributed by atoms with E-state index < -0.39 is 0 Å². The van der Waals surface area contributed by atoms with Crippen LogP contribution in [0.15, 0.2) is 24.3 Å². The number of benzene rings is 1. The molecule has 2 N–H and O–H groups in total. The Morgan fingerprint density at radius 2 is 1.85 bits per heavy atom. The normalized spacial score (nSPS) is 9.08. The predicted molar refractivity (Wildman–Crippen MR) is 56.4 cm³/mol. The van der Waals surface area contributed by atoms with Gasteiger partial charge >= 0.3 is 0 Å². The lowest BCUT2D eigenvalue weighted by Gasteiger charge is -1.98. The summed E-state index contributed by atoms with van der Waals surface area (Å²) in [5, 5.41) is 0. The van der Waals surface area contributed by atoms with Crippen molar-refractivity contribution in [3.63, 3.8) is 0 Å². The molecule has 0 spiro atoms. The Morgan fingerprint density at radius 1 is 1.31 bits per heavy atom. The van der Waals surface area contributed by atoms with Gasteiger partial charge in [0.1, 0.15) is 0 Å². The third-order valence-corrected chi connectivity index (χ3v) is 1.74. The van der Waals surface area contributed by atoms with E-state index in [0.717, 1.165) is 5.56 Å². The van der Waals surface area contributed by atoms with Gasteiger partial charge in [-0.05, 0) is 13.5 Å². The average molecular weight is 200 g/mol. The third-order valence-electron chi connectivity index (χ3n) is 1.74. The van der Waals surface area contributed by atoms with Gasteiger partial charge in [-0.3, -0.25) is 4.79 Å². The van der Waals surface area contributed by atoms with Crippen LogP contribution in [0.25, 0.3) is 0 Å². The monoisotopic (exact) mass is 199 g/mol. The minimum atomic E-state index is 0. The highest BCUT2D eigenvalue weighted by molar-refractivity contribution is 5.96. The molecule has 0 saturated heterocycles. The first-order valence-corrected chi connectivity index (χ1v) is 4.04. The molecule has 3 heteroatoms. The molecule has 13 heavy (non-hydrogen) atoms.